The Bertz CT molecular complexity index is 1350. The Labute approximate surface area is 215 Å². The Morgan fingerprint density at radius 3 is 2.33 bits per heavy atom. The minimum absolute atomic E-state index is 0.227. The number of halogens is 1. The highest BCUT2D eigenvalue weighted by molar-refractivity contribution is 6.30. The van der Waals surface area contributed by atoms with Gasteiger partial charge in [0.1, 0.15) is 0 Å². The molecule has 1 N–H and O–H groups in total. The maximum Gasteiger partial charge on any atom is 0.336 e. The number of allylic oxidation sites excluding steroid dienone is 1. The molecule has 0 bridgehead atoms. The molecule has 0 aliphatic carbocycles. The zero-order valence-electron chi connectivity index (χ0n) is 20.1. The van der Waals surface area contributed by atoms with E-state index >= 15 is 0 Å². The molecule has 5 rings (SSSR count). The average Bonchev–Trinajstić information content (AvgIpc) is 3.29. The van der Waals surface area contributed by atoms with E-state index in [1.54, 1.807) is 31.0 Å². The van der Waals surface area contributed by atoms with Crippen LogP contribution in [0, 0.1) is 0 Å². The second-order valence-corrected chi connectivity index (χ2v) is 9.30. The largest absolute Gasteiger partial charge is 0.463 e. The van der Waals surface area contributed by atoms with Crippen LogP contribution >= 0.6 is 11.6 Å². The standard InChI is InChI=1S/C29H26ClN3O3/c1-3-36-27(34)25-19(2)31-28(35)29(26(25)21-12-8-5-9-13-21)18-24(20-10-6-4-7-11-20)32-33(29)23-16-14-22(30)15-17-23/h4-17,26H,3,18H2,1-2H3,(H,31,35)/t26-,29+/m0/s1. The first-order valence-corrected chi connectivity index (χ1v) is 12.3. The Balaban J connectivity index is 1.77. The van der Waals surface area contributed by atoms with E-state index in [4.69, 9.17) is 21.4 Å². The summed E-state index contributed by atoms with van der Waals surface area (Å²) in [6.07, 6.45) is 0.293. The Morgan fingerprint density at radius 1 is 1.06 bits per heavy atom. The molecule has 182 valence electrons. The van der Waals surface area contributed by atoms with Gasteiger partial charge in [0.25, 0.3) is 5.91 Å². The monoisotopic (exact) mass is 499 g/mol. The fraction of sp³-hybridized carbons (Fsp3) is 0.207. The van der Waals surface area contributed by atoms with Gasteiger partial charge in [-0.2, -0.15) is 5.10 Å². The smallest absolute Gasteiger partial charge is 0.336 e. The summed E-state index contributed by atoms with van der Waals surface area (Å²) in [5.41, 5.74) is 2.86. The van der Waals surface area contributed by atoms with Crippen molar-refractivity contribution in [3.05, 3.63) is 112 Å². The molecule has 1 amide bonds. The number of hydrogen-bond acceptors (Lipinski definition) is 5. The fourth-order valence-electron chi connectivity index (χ4n) is 5.14. The topological polar surface area (TPSA) is 71.0 Å². The summed E-state index contributed by atoms with van der Waals surface area (Å²) in [5.74, 6) is -1.31. The number of nitrogens with one attached hydrogen (secondary N) is 1. The molecule has 0 saturated carbocycles. The van der Waals surface area contributed by atoms with Crippen molar-refractivity contribution in [3.8, 4) is 0 Å². The van der Waals surface area contributed by atoms with E-state index in [0.717, 1.165) is 16.8 Å². The summed E-state index contributed by atoms with van der Waals surface area (Å²) in [7, 11) is 0. The van der Waals surface area contributed by atoms with Crippen LogP contribution in [0.4, 0.5) is 5.69 Å². The summed E-state index contributed by atoms with van der Waals surface area (Å²) >= 11 is 6.19. The molecule has 2 atom stereocenters. The Morgan fingerprint density at radius 2 is 1.69 bits per heavy atom. The van der Waals surface area contributed by atoms with Crippen LogP contribution in [0.5, 0.6) is 0 Å². The molecule has 2 aliphatic rings. The maximum atomic E-state index is 14.1. The van der Waals surface area contributed by atoms with E-state index in [-0.39, 0.29) is 12.5 Å². The minimum atomic E-state index is -1.25. The van der Waals surface area contributed by atoms with Crippen molar-refractivity contribution in [1.29, 1.82) is 0 Å². The van der Waals surface area contributed by atoms with Crippen molar-refractivity contribution in [3.63, 3.8) is 0 Å². The SMILES string of the molecule is CCOC(=O)C1=C(C)NC(=O)[C@@]2(CC(c3ccccc3)=NN2c2ccc(Cl)cc2)[C@H]1c1ccccc1. The maximum absolute atomic E-state index is 14.1. The Kier molecular flexibility index (Phi) is 6.37. The highest BCUT2D eigenvalue weighted by atomic mass is 35.5. The quantitative estimate of drug-likeness (QED) is 0.474. The molecule has 36 heavy (non-hydrogen) atoms. The lowest BCUT2D eigenvalue weighted by molar-refractivity contribution is -0.139. The van der Waals surface area contributed by atoms with Gasteiger partial charge >= 0.3 is 5.97 Å². The lowest BCUT2D eigenvalue weighted by Crippen LogP contribution is -2.62. The van der Waals surface area contributed by atoms with Crippen LogP contribution in [-0.4, -0.2) is 29.7 Å². The van der Waals surface area contributed by atoms with Gasteiger partial charge in [0.2, 0.25) is 0 Å². The number of hydrogen-bond donors (Lipinski definition) is 1. The van der Waals surface area contributed by atoms with Crippen LogP contribution in [0.3, 0.4) is 0 Å². The third-order valence-electron chi connectivity index (χ3n) is 6.71. The number of carbonyl (C=O) groups excluding carboxylic acids is 2. The first-order chi connectivity index (χ1) is 17.5. The Hall–Kier alpha value is -3.90. The number of rotatable bonds is 5. The highest BCUT2D eigenvalue weighted by Gasteiger charge is 2.60. The molecule has 7 heteroatoms. The van der Waals surface area contributed by atoms with E-state index in [0.29, 0.717) is 28.4 Å². The first kappa shape index (κ1) is 23.8. The molecule has 2 heterocycles. The van der Waals surface area contributed by atoms with Crippen LogP contribution in [0.2, 0.25) is 5.02 Å². The molecule has 3 aromatic rings. The van der Waals surface area contributed by atoms with Gasteiger partial charge in [-0.25, -0.2) is 9.80 Å². The van der Waals surface area contributed by atoms with E-state index in [1.807, 2.05) is 72.8 Å². The molecule has 0 unspecified atom stereocenters. The zero-order valence-corrected chi connectivity index (χ0v) is 20.8. The number of hydrazone groups is 1. The number of carbonyl (C=O) groups is 2. The van der Waals surface area contributed by atoms with Gasteiger partial charge in [-0.3, -0.25) is 4.79 Å². The van der Waals surface area contributed by atoms with Crippen molar-refractivity contribution < 1.29 is 14.3 Å². The summed E-state index contributed by atoms with van der Waals surface area (Å²) in [6, 6.07) is 26.6. The van der Waals surface area contributed by atoms with Gasteiger partial charge in [0.15, 0.2) is 5.54 Å². The number of nitrogens with zero attached hydrogens (tertiary/aromatic N) is 2. The van der Waals surface area contributed by atoms with Gasteiger partial charge < -0.3 is 10.1 Å². The molecule has 6 nitrogen and oxygen atoms in total. The first-order valence-electron chi connectivity index (χ1n) is 11.9. The third-order valence-corrected chi connectivity index (χ3v) is 6.96. The van der Waals surface area contributed by atoms with Crippen LogP contribution in [0.25, 0.3) is 0 Å². The van der Waals surface area contributed by atoms with Gasteiger partial charge in [0.05, 0.1) is 29.5 Å². The van der Waals surface area contributed by atoms with Crippen LogP contribution < -0.4 is 10.3 Å². The van der Waals surface area contributed by atoms with Crippen LogP contribution in [0.15, 0.2) is 101 Å². The number of benzene rings is 3. The summed E-state index contributed by atoms with van der Waals surface area (Å²) in [6.45, 7) is 3.74. The molecule has 0 saturated heterocycles. The molecule has 0 radical (unpaired) electrons. The molecule has 0 fully saturated rings. The molecular formula is C29H26ClN3O3. The van der Waals surface area contributed by atoms with Gasteiger partial charge in [-0.1, -0.05) is 72.3 Å². The van der Waals surface area contributed by atoms with Crippen molar-refractivity contribution in [2.24, 2.45) is 5.10 Å². The second kappa shape index (κ2) is 9.63. The predicted molar refractivity (Wildman–Crippen MR) is 141 cm³/mol. The summed E-state index contributed by atoms with van der Waals surface area (Å²) < 4.78 is 5.49. The lowest BCUT2D eigenvalue weighted by Gasteiger charge is -2.46. The van der Waals surface area contributed by atoms with Crippen LogP contribution in [-0.2, 0) is 14.3 Å². The third kappa shape index (κ3) is 3.97. The molecule has 0 aromatic heterocycles. The van der Waals surface area contributed by atoms with Crippen molar-refractivity contribution >= 4 is 34.9 Å². The van der Waals surface area contributed by atoms with E-state index in [9.17, 15) is 9.59 Å². The number of esters is 1. The zero-order chi connectivity index (χ0) is 25.3. The molecular weight excluding hydrogens is 474 g/mol. The van der Waals surface area contributed by atoms with Crippen molar-refractivity contribution in [2.45, 2.75) is 31.7 Å². The number of ether oxygens (including phenoxy) is 1. The second-order valence-electron chi connectivity index (χ2n) is 8.86. The average molecular weight is 500 g/mol. The minimum Gasteiger partial charge on any atom is -0.463 e. The summed E-state index contributed by atoms with van der Waals surface area (Å²) in [5, 5.41) is 10.3. The van der Waals surface area contributed by atoms with Crippen LogP contribution in [0.1, 0.15) is 37.3 Å². The van der Waals surface area contributed by atoms with Gasteiger partial charge in [-0.05, 0) is 49.2 Å². The molecule has 2 aliphatic heterocycles. The van der Waals surface area contributed by atoms with E-state index in [1.165, 1.54) is 0 Å². The number of anilines is 1. The molecule has 3 aromatic carbocycles. The molecule has 1 spiro atoms. The predicted octanol–water partition coefficient (Wildman–Crippen LogP) is 5.44. The van der Waals surface area contributed by atoms with Gasteiger partial charge in [-0.15, -0.1) is 0 Å². The van der Waals surface area contributed by atoms with Gasteiger partial charge in [0, 0.05) is 17.1 Å². The summed E-state index contributed by atoms with van der Waals surface area (Å²) in [4.78, 5) is 27.5. The normalized spacial score (nSPS) is 21.4. The van der Waals surface area contributed by atoms with E-state index in [2.05, 4.69) is 5.32 Å². The van der Waals surface area contributed by atoms with Crippen molar-refractivity contribution in [2.75, 3.05) is 11.6 Å². The number of amides is 1. The van der Waals surface area contributed by atoms with E-state index < -0.39 is 17.4 Å². The lowest BCUT2D eigenvalue weighted by atomic mass is 9.68. The van der Waals surface area contributed by atoms with Crippen molar-refractivity contribution in [1.82, 2.24) is 5.32 Å². The fourth-order valence-corrected chi connectivity index (χ4v) is 5.26. The highest BCUT2D eigenvalue weighted by Crippen LogP contribution is 2.50.